The van der Waals surface area contributed by atoms with E-state index in [1.54, 1.807) is 29.2 Å². The van der Waals surface area contributed by atoms with Crippen LogP contribution in [-0.4, -0.2) is 60.1 Å². The molecular formula is C27H41N3O5S. The summed E-state index contributed by atoms with van der Waals surface area (Å²) >= 11 is 5.44. The van der Waals surface area contributed by atoms with E-state index in [4.69, 9.17) is 21.7 Å². The second-order valence-electron chi connectivity index (χ2n) is 9.04. The van der Waals surface area contributed by atoms with Gasteiger partial charge in [0.25, 0.3) is 5.91 Å². The number of nitrogens with zero attached hydrogens (tertiary/aromatic N) is 1. The zero-order chi connectivity index (χ0) is 26.2. The Bertz CT molecular complexity index is 864. The Hall–Kier alpha value is -2.68. The quantitative estimate of drug-likeness (QED) is 0.202. The fraction of sp³-hybridized carbons (Fsp3) is 0.630. The van der Waals surface area contributed by atoms with Crippen molar-refractivity contribution in [3.05, 3.63) is 29.8 Å². The number of thiocarbonyl (C=S) groups is 1. The smallest absolute Gasteiger partial charge is 0.308 e. The summed E-state index contributed by atoms with van der Waals surface area (Å²) in [5, 5.41) is 5.56. The van der Waals surface area contributed by atoms with Crippen molar-refractivity contribution in [2.75, 3.05) is 26.3 Å². The van der Waals surface area contributed by atoms with E-state index < -0.39 is 17.9 Å². The number of carbonyl (C=O) groups is 3. The monoisotopic (exact) mass is 519 g/mol. The average molecular weight is 520 g/mol. The van der Waals surface area contributed by atoms with Gasteiger partial charge in [-0.1, -0.05) is 64.9 Å². The van der Waals surface area contributed by atoms with Gasteiger partial charge in [0.15, 0.2) is 5.11 Å². The molecule has 8 nitrogen and oxygen atoms in total. The molecule has 1 unspecified atom stereocenters. The van der Waals surface area contributed by atoms with E-state index in [1.165, 1.54) is 32.1 Å². The average Bonchev–Trinajstić information content (AvgIpc) is 2.87. The van der Waals surface area contributed by atoms with Crippen LogP contribution in [-0.2, 0) is 14.3 Å². The summed E-state index contributed by atoms with van der Waals surface area (Å²) in [6, 6.07) is 6.02. The highest BCUT2D eigenvalue weighted by atomic mass is 32.1. The van der Waals surface area contributed by atoms with Gasteiger partial charge in [-0.05, 0) is 43.3 Å². The molecule has 200 valence electrons. The molecule has 9 heteroatoms. The van der Waals surface area contributed by atoms with Crippen molar-refractivity contribution in [2.45, 2.75) is 84.1 Å². The molecule has 0 spiro atoms. The van der Waals surface area contributed by atoms with E-state index in [-0.39, 0.29) is 17.4 Å². The topological polar surface area (TPSA) is 97.0 Å². The van der Waals surface area contributed by atoms with Crippen LogP contribution in [0.25, 0.3) is 0 Å². The Balaban J connectivity index is 1.81. The SMILES string of the molecule is CCCCCCCCCCOC(=O)CC1C(=O)NCCN1C(=S)NC(=O)c1cccc(OCCC)c1. The number of hydrogen-bond acceptors (Lipinski definition) is 6. The summed E-state index contributed by atoms with van der Waals surface area (Å²) < 4.78 is 11.0. The molecule has 1 aromatic rings. The maximum Gasteiger partial charge on any atom is 0.308 e. The lowest BCUT2D eigenvalue weighted by Gasteiger charge is -2.36. The molecule has 2 amide bonds. The van der Waals surface area contributed by atoms with E-state index in [9.17, 15) is 14.4 Å². The number of rotatable bonds is 15. The van der Waals surface area contributed by atoms with E-state index in [2.05, 4.69) is 17.6 Å². The highest BCUT2D eigenvalue weighted by Gasteiger charge is 2.34. The van der Waals surface area contributed by atoms with Crippen LogP contribution in [0.4, 0.5) is 0 Å². The van der Waals surface area contributed by atoms with Gasteiger partial charge in [-0.3, -0.25) is 19.7 Å². The van der Waals surface area contributed by atoms with Gasteiger partial charge in [-0.15, -0.1) is 0 Å². The van der Waals surface area contributed by atoms with Gasteiger partial charge in [-0.2, -0.15) is 0 Å². The van der Waals surface area contributed by atoms with E-state index in [0.717, 1.165) is 25.7 Å². The van der Waals surface area contributed by atoms with Crippen LogP contribution in [0.15, 0.2) is 24.3 Å². The molecule has 1 atom stereocenters. The minimum atomic E-state index is -0.822. The van der Waals surface area contributed by atoms with E-state index in [0.29, 0.717) is 37.6 Å². The molecule has 36 heavy (non-hydrogen) atoms. The second kappa shape index (κ2) is 16.9. The van der Waals surface area contributed by atoms with Crippen molar-refractivity contribution in [3.63, 3.8) is 0 Å². The lowest BCUT2D eigenvalue weighted by Crippen LogP contribution is -2.60. The summed E-state index contributed by atoms with van der Waals surface area (Å²) in [5.74, 6) is -0.550. The summed E-state index contributed by atoms with van der Waals surface area (Å²) in [4.78, 5) is 39.3. The predicted molar refractivity (Wildman–Crippen MR) is 144 cm³/mol. The number of benzene rings is 1. The van der Waals surface area contributed by atoms with Crippen LogP contribution in [0.3, 0.4) is 0 Å². The first kappa shape index (κ1) is 29.5. The van der Waals surface area contributed by atoms with E-state index >= 15 is 0 Å². The maximum absolute atomic E-state index is 12.8. The van der Waals surface area contributed by atoms with Crippen molar-refractivity contribution in [1.82, 2.24) is 15.5 Å². The Labute approximate surface area is 220 Å². The number of carbonyl (C=O) groups excluding carboxylic acids is 3. The van der Waals surface area contributed by atoms with Gasteiger partial charge in [0.1, 0.15) is 11.8 Å². The number of unbranched alkanes of at least 4 members (excludes halogenated alkanes) is 7. The number of hydrogen-bond donors (Lipinski definition) is 2. The first-order valence-electron chi connectivity index (χ1n) is 13.2. The second-order valence-corrected chi connectivity index (χ2v) is 9.42. The Morgan fingerprint density at radius 3 is 2.50 bits per heavy atom. The molecule has 1 fully saturated rings. The molecule has 2 N–H and O–H groups in total. The number of piperazine rings is 1. The van der Waals surface area contributed by atoms with E-state index in [1.807, 2.05) is 6.92 Å². The van der Waals surface area contributed by atoms with Crippen LogP contribution in [0.2, 0.25) is 0 Å². The van der Waals surface area contributed by atoms with Gasteiger partial charge < -0.3 is 19.7 Å². The van der Waals surface area contributed by atoms with Gasteiger partial charge in [0.2, 0.25) is 5.91 Å². The number of amides is 2. The third-order valence-electron chi connectivity index (χ3n) is 6.00. The molecule has 1 aliphatic rings. The Kier molecular flexibility index (Phi) is 13.9. The molecule has 1 aliphatic heterocycles. The molecule has 1 saturated heterocycles. The largest absolute Gasteiger partial charge is 0.494 e. The fourth-order valence-corrected chi connectivity index (χ4v) is 4.30. The maximum atomic E-state index is 12.8. The lowest BCUT2D eigenvalue weighted by molar-refractivity contribution is -0.147. The van der Waals surface area contributed by atoms with Gasteiger partial charge in [0.05, 0.1) is 19.6 Å². The summed E-state index contributed by atoms with van der Waals surface area (Å²) in [6.45, 7) is 5.88. The van der Waals surface area contributed by atoms with Crippen molar-refractivity contribution in [1.29, 1.82) is 0 Å². The summed E-state index contributed by atoms with van der Waals surface area (Å²) in [7, 11) is 0. The van der Waals surface area contributed by atoms with Crippen molar-refractivity contribution >= 4 is 35.1 Å². The molecule has 0 bridgehead atoms. The lowest BCUT2D eigenvalue weighted by atomic mass is 10.1. The van der Waals surface area contributed by atoms with Crippen LogP contribution in [0.5, 0.6) is 5.75 Å². The van der Waals surface area contributed by atoms with Crippen molar-refractivity contribution in [2.24, 2.45) is 0 Å². The first-order valence-corrected chi connectivity index (χ1v) is 13.6. The minimum Gasteiger partial charge on any atom is -0.494 e. The number of esters is 1. The van der Waals surface area contributed by atoms with Crippen molar-refractivity contribution in [3.8, 4) is 5.75 Å². The number of ether oxygens (including phenoxy) is 2. The molecule has 0 aliphatic carbocycles. The molecule has 1 heterocycles. The fourth-order valence-electron chi connectivity index (χ4n) is 3.99. The molecule has 0 aromatic heterocycles. The molecule has 1 aromatic carbocycles. The third-order valence-corrected chi connectivity index (χ3v) is 6.34. The minimum absolute atomic E-state index is 0.107. The van der Waals surface area contributed by atoms with Crippen LogP contribution in [0, 0.1) is 0 Å². The highest BCUT2D eigenvalue weighted by Crippen LogP contribution is 2.15. The summed E-state index contributed by atoms with van der Waals surface area (Å²) in [5.41, 5.74) is 0.397. The molecule has 0 radical (unpaired) electrons. The first-order chi connectivity index (χ1) is 17.5. The highest BCUT2D eigenvalue weighted by molar-refractivity contribution is 7.80. The summed E-state index contributed by atoms with van der Waals surface area (Å²) in [6.07, 6.45) is 10.0. The van der Waals surface area contributed by atoms with Crippen LogP contribution < -0.4 is 15.4 Å². The predicted octanol–water partition coefficient (Wildman–Crippen LogP) is 4.36. The van der Waals surface area contributed by atoms with Gasteiger partial charge in [0, 0.05) is 18.7 Å². The third kappa shape index (κ3) is 10.5. The Morgan fingerprint density at radius 1 is 1.06 bits per heavy atom. The van der Waals surface area contributed by atoms with Crippen LogP contribution >= 0.6 is 12.2 Å². The molecule has 2 rings (SSSR count). The Morgan fingerprint density at radius 2 is 1.78 bits per heavy atom. The zero-order valence-corrected chi connectivity index (χ0v) is 22.5. The van der Waals surface area contributed by atoms with Crippen molar-refractivity contribution < 1.29 is 23.9 Å². The van der Waals surface area contributed by atoms with Gasteiger partial charge in [-0.25, -0.2) is 0 Å². The number of nitrogens with one attached hydrogen (secondary N) is 2. The van der Waals surface area contributed by atoms with Gasteiger partial charge >= 0.3 is 5.97 Å². The standard InChI is InChI=1S/C27H41N3O5S/c1-3-5-6-7-8-9-10-11-18-35-24(31)20-23-26(33)28-15-16-30(23)27(36)29-25(32)21-13-12-14-22(19-21)34-17-4-2/h12-14,19,23H,3-11,15-18,20H2,1-2H3,(H,28,33)(H,29,32,36). The molecule has 0 saturated carbocycles. The zero-order valence-electron chi connectivity index (χ0n) is 21.7. The molecular weight excluding hydrogens is 478 g/mol. The van der Waals surface area contributed by atoms with Crippen LogP contribution in [0.1, 0.15) is 88.4 Å². The normalized spacial score (nSPS) is 15.2.